The van der Waals surface area contributed by atoms with Gasteiger partial charge in [-0.1, -0.05) is 58.8 Å². The summed E-state index contributed by atoms with van der Waals surface area (Å²) in [6, 6.07) is 6.85. The maximum Gasteiger partial charge on any atom is 0.244 e. The Hall–Kier alpha value is -4.82. The molecule has 0 aliphatic rings. The summed E-state index contributed by atoms with van der Waals surface area (Å²) < 4.78 is 0. The van der Waals surface area contributed by atoms with E-state index < -0.39 is 77.8 Å². The fourth-order valence-corrected chi connectivity index (χ4v) is 7.46. The molecule has 54 heavy (non-hydrogen) atoms. The Morgan fingerprint density at radius 2 is 1.33 bits per heavy atom. The molecule has 2 aromatic carbocycles. The molecule has 3 aromatic rings. The number of para-hydroxylation sites is 1. The van der Waals surface area contributed by atoms with Crippen molar-refractivity contribution >= 4 is 67.9 Å². The zero-order valence-electron chi connectivity index (χ0n) is 30.2. The molecule has 19 heteroatoms. The first kappa shape index (κ1) is 43.6. The van der Waals surface area contributed by atoms with Gasteiger partial charge in [0.1, 0.15) is 29.9 Å². The van der Waals surface area contributed by atoms with Crippen LogP contribution < -0.4 is 43.8 Å². The number of rotatable bonds is 21. The third kappa shape index (κ3) is 12.9. The monoisotopic (exact) mass is 787 g/mol. The smallest absolute Gasteiger partial charge is 0.244 e. The number of fused-ring (bicyclic) bond motifs is 1. The van der Waals surface area contributed by atoms with Gasteiger partial charge in [0.05, 0.1) is 18.2 Å². The van der Waals surface area contributed by atoms with E-state index in [9.17, 15) is 39.0 Å². The highest BCUT2D eigenvalue weighted by Crippen LogP contribution is 2.23. The maximum atomic E-state index is 13.8. The molecule has 0 unspecified atom stereocenters. The number of H-pyrrole nitrogens is 1. The number of nitrogens with two attached hydrogens (primary N) is 3. The Balaban J connectivity index is 1.69. The molecule has 0 bridgehead atoms. The van der Waals surface area contributed by atoms with E-state index >= 15 is 0 Å². The van der Waals surface area contributed by atoms with Crippen molar-refractivity contribution < 1.29 is 39.0 Å². The van der Waals surface area contributed by atoms with Crippen LogP contribution >= 0.6 is 21.6 Å². The van der Waals surface area contributed by atoms with Gasteiger partial charge in [0.25, 0.3) is 0 Å². The first-order valence-electron chi connectivity index (χ1n) is 17.1. The van der Waals surface area contributed by atoms with E-state index in [0.717, 1.165) is 38.1 Å². The third-order valence-electron chi connectivity index (χ3n) is 8.39. The Bertz CT molecular complexity index is 1760. The van der Waals surface area contributed by atoms with Gasteiger partial charge in [-0.05, 0) is 42.7 Å². The number of phenols is 1. The lowest BCUT2D eigenvalue weighted by molar-refractivity contribution is -0.132. The minimum absolute atomic E-state index is 0.00908. The summed E-state index contributed by atoms with van der Waals surface area (Å²) in [5.74, 6) is -4.12. The number of hydrogen-bond acceptors (Lipinski definition) is 12. The van der Waals surface area contributed by atoms with Gasteiger partial charge in [-0.2, -0.15) is 0 Å². The molecule has 0 aliphatic carbocycles. The molecular weight excluding hydrogens is 739 g/mol. The number of aliphatic hydroxyl groups is 1. The van der Waals surface area contributed by atoms with E-state index in [4.69, 9.17) is 17.2 Å². The van der Waals surface area contributed by atoms with Gasteiger partial charge in [-0.3, -0.25) is 28.8 Å². The van der Waals surface area contributed by atoms with Crippen LogP contribution in [0.3, 0.4) is 0 Å². The Labute approximate surface area is 320 Å². The molecule has 1 aromatic heterocycles. The maximum absolute atomic E-state index is 13.8. The Morgan fingerprint density at radius 3 is 1.96 bits per heavy atom. The van der Waals surface area contributed by atoms with Gasteiger partial charge in [-0.25, -0.2) is 0 Å². The molecule has 0 spiro atoms. The van der Waals surface area contributed by atoms with Crippen LogP contribution in [0.4, 0.5) is 0 Å². The van der Waals surface area contributed by atoms with Crippen molar-refractivity contribution in [1.82, 2.24) is 31.6 Å². The van der Waals surface area contributed by atoms with Gasteiger partial charge >= 0.3 is 0 Å². The van der Waals surface area contributed by atoms with E-state index in [1.165, 1.54) is 26.1 Å². The molecule has 0 fully saturated rings. The molecule has 3 rings (SSSR count). The third-order valence-corrected chi connectivity index (χ3v) is 10.8. The molecule has 1 heterocycles. The number of hydrogen-bond donors (Lipinski definition) is 11. The van der Waals surface area contributed by atoms with Crippen LogP contribution in [0.15, 0.2) is 54.7 Å². The summed E-state index contributed by atoms with van der Waals surface area (Å²) in [5.41, 5.74) is 19.6. The molecule has 0 aliphatic heterocycles. The van der Waals surface area contributed by atoms with Crippen LogP contribution in [0, 0.1) is 0 Å². The zero-order valence-corrected chi connectivity index (χ0v) is 31.8. The number of amides is 6. The van der Waals surface area contributed by atoms with Crippen LogP contribution in [-0.2, 0) is 41.6 Å². The minimum Gasteiger partial charge on any atom is -0.508 e. The molecule has 14 N–H and O–H groups in total. The van der Waals surface area contributed by atoms with E-state index in [1.54, 1.807) is 25.3 Å². The van der Waals surface area contributed by atoms with E-state index in [2.05, 4.69) is 31.6 Å². The van der Waals surface area contributed by atoms with Crippen molar-refractivity contribution in [1.29, 1.82) is 0 Å². The van der Waals surface area contributed by atoms with Gasteiger partial charge in [0.2, 0.25) is 35.4 Å². The fourth-order valence-electron chi connectivity index (χ4n) is 5.18. The van der Waals surface area contributed by atoms with E-state index in [0.29, 0.717) is 12.0 Å². The summed E-state index contributed by atoms with van der Waals surface area (Å²) >= 11 is 0. The normalized spacial score (nSPS) is 15.1. The largest absolute Gasteiger partial charge is 0.508 e. The first-order chi connectivity index (χ1) is 25.6. The van der Waals surface area contributed by atoms with Gasteiger partial charge in [0, 0.05) is 48.5 Å². The lowest BCUT2D eigenvalue weighted by Gasteiger charge is -2.24. The quantitative estimate of drug-likeness (QED) is 0.0442. The molecular formula is C35H49N9O8S2. The van der Waals surface area contributed by atoms with Crippen LogP contribution in [-0.4, -0.2) is 112 Å². The predicted octanol–water partition coefficient (Wildman–Crippen LogP) is -1.34. The van der Waals surface area contributed by atoms with Crippen LogP contribution in [0.5, 0.6) is 5.75 Å². The number of primary amides is 1. The number of aliphatic hydroxyl groups excluding tert-OH is 1. The molecule has 17 nitrogen and oxygen atoms in total. The Morgan fingerprint density at radius 1 is 0.759 bits per heavy atom. The average Bonchev–Trinajstić information content (AvgIpc) is 3.56. The number of phenolic OH excluding ortho intramolecular Hbond substituents is 1. The number of aromatic nitrogens is 1. The summed E-state index contributed by atoms with van der Waals surface area (Å²) in [4.78, 5) is 80.5. The summed E-state index contributed by atoms with van der Waals surface area (Å²) in [7, 11) is 3.67. The van der Waals surface area contributed by atoms with Crippen molar-refractivity contribution in [3.05, 3.63) is 65.9 Å². The van der Waals surface area contributed by atoms with Crippen molar-refractivity contribution in [3.63, 3.8) is 0 Å². The highest BCUT2D eigenvalue weighted by atomic mass is 33.1. The lowest BCUT2D eigenvalue weighted by Crippen LogP contribution is -2.58. The SMILES string of the molecule is CC[C@H](N)C(=O)N[C@@H](CSSC[C@H](N)C(=O)N[C@@H](Cc1ccc(O)cc1)C(=O)N[C@H](Cc1c[nH]c2ccccc12)C(=O)NC)C(=O)N[C@H](C(N)=O)[C@@H](C)O. The zero-order chi connectivity index (χ0) is 39.9. The van der Waals surface area contributed by atoms with Gasteiger partial charge < -0.3 is 59.0 Å². The number of benzene rings is 2. The van der Waals surface area contributed by atoms with Gasteiger partial charge in [0.15, 0.2) is 0 Å². The number of nitrogens with one attached hydrogen (secondary N) is 6. The number of carbonyl (C=O) groups excluding carboxylic acids is 6. The fraction of sp³-hybridized carbons (Fsp3) is 0.429. The molecule has 7 atom stereocenters. The number of aromatic hydroxyl groups is 1. The number of aromatic amines is 1. The molecule has 6 amide bonds. The van der Waals surface area contributed by atoms with E-state index in [-0.39, 0.29) is 30.1 Å². The second-order valence-corrected chi connectivity index (χ2v) is 15.1. The van der Waals surface area contributed by atoms with Crippen LogP contribution in [0.2, 0.25) is 0 Å². The predicted molar refractivity (Wildman–Crippen MR) is 208 cm³/mol. The molecule has 0 saturated carbocycles. The standard InChI is InChI=1S/C35H49N9O8S2/c1-4-23(36)31(48)43-28(35(52)44-29(18(2)45)30(38)47)17-54-53-16-24(37)32(49)41-26(13-19-9-11-21(46)12-10-19)34(51)42-27(33(50)39-3)14-20-15-40-25-8-6-5-7-22(20)25/h5-12,15,18,23-24,26-29,40,45-46H,4,13-14,16-17,36-37H2,1-3H3,(H2,38,47)(H,39,50)(H,41,49)(H,42,51)(H,43,48)(H,44,52)/t18-,23+,24+,26+,27-,28+,29+/m1/s1. The molecule has 0 radical (unpaired) electrons. The lowest BCUT2D eigenvalue weighted by atomic mass is 10.0. The van der Waals surface area contributed by atoms with Crippen molar-refractivity contribution in [3.8, 4) is 5.75 Å². The topological polar surface area (TPSA) is 297 Å². The average molecular weight is 788 g/mol. The minimum atomic E-state index is -1.40. The summed E-state index contributed by atoms with van der Waals surface area (Å²) in [6.45, 7) is 2.97. The van der Waals surface area contributed by atoms with E-state index in [1.807, 2.05) is 24.3 Å². The Kier molecular flexibility index (Phi) is 17.1. The highest BCUT2D eigenvalue weighted by Gasteiger charge is 2.31. The molecule has 294 valence electrons. The van der Waals surface area contributed by atoms with Crippen LogP contribution in [0.25, 0.3) is 10.9 Å². The van der Waals surface area contributed by atoms with Crippen LogP contribution in [0.1, 0.15) is 31.4 Å². The summed E-state index contributed by atoms with van der Waals surface area (Å²) in [6.07, 6.45) is 0.941. The van der Waals surface area contributed by atoms with Crippen molar-refractivity contribution in [2.75, 3.05) is 18.6 Å². The van der Waals surface area contributed by atoms with Crippen molar-refractivity contribution in [2.24, 2.45) is 17.2 Å². The van der Waals surface area contributed by atoms with Crippen molar-refractivity contribution in [2.45, 2.75) is 75.5 Å². The van der Waals surface area contributed by atoms with Gasteiger partial charge in [-0.15, -0.1) is 0 Å². The molecule has 0 saturated heterocycles. The highest BCUT2D eigenvalue weighted by molar-refractivity contribution is 8.76. The first-order valence-corrected chi connectivity index (χ1v) is 19.6. The second-order valence-electron chi connectivity index (χ2n) is 12.6. The second kappa shape index (κ2) is 21.2. The number of carbonyl (C=O) groups is 6. The summed E-state index contributed by atoms with van der Waals surface area (Å²) in [5, 5.41) is 33.4. The number of likely N-dealkylation sites (N-methyl/N-ethyl adjacent to an activating group) is 1.